The molecule has 0 fully saturated rings. The molecule has 0 radical (unpaired) electrons. The van der Waals surface area contributed by atoms with E-state index in [9.17, 15) is 18.3 Å². The molecule has 1 atom stereocenters. The molecule has 94 valence electrons. The molecular weight excluding hydrogens is 248 g/mol. The number of benzene rings is 1. The van der Waals surface area contributed by atoms with Gasteiger partial charge >= 0.3 is 0 Å². The minimum absolute atomic E-state index is 0.0713. The minimum atomic E-state index is -4.39. The van der Waals surface area contributed by atoms with E-state index in [-0.39, 0.29) is 23.5 Å². The summed E-state index contributed by atoms with van der Waals surface area (Å²) in [6.07, 6.45) is 0.0323. The fraction of sp³-hybridized carbons (Fsp3) is 0.300. The highest BCUT2D eigenvalue weighted by Crippen LogP contribution is 2.32. The zero-order valence-electron chi connectivity index (χ0n) is 9.03. The molecule has 0 amide bonds. The Balaban J connectivity index is 3.24. The van der Waals surface area contributed by atoms with Crippen molar-refractivity contribution >= 4 is 16.4 Å². The fourth-order valence-electron chi connectivity index (χ4n) is 1.41. The fourth-order valence-corrected chi connectivity index (χ4v) is 2.22. The van der Waals surface area contributed by atoms with E-state index in [1.807, 2.05) is 0 Å². The summed E-state index contributed by atoms with van der Waals surface area (Å²) in [5, 5.41) is 7.99. The average molecular weight is 260 g/mol. The van der Waals surface area contributed by atoms with Gasteiger partial charge in [0.15, 0.2) is 11.5 Å². The first kappa shape index (κ1) is 13.5. The van der Waals surface area contributed by atoms with Gasteiger partial charge < -0.3 is 14.6 Å². The van der Waals surface area contributed by atoms with Gasteiger partial charge in [0, 0.05) is 6.42 Å². The van der Waals surface area contributed by atoms with Crippen molar-refractivity contribution in [3.05, 3.63) is 23.8 Å². The van der Waals surface area contributed by atoms with Crippen LogP contribution in [0.2, 0.25) is 0 Å². The lowest BCUT2D eigenvalue weighted by atomic mass is 10.1. The Morgan fingerprint density at radius 3 is 2.59 bits per heavy atom. The third kappa shape index (κ3) is 3.18. The van der Waals surface area contributed by atoms with Crippen LogP contribution in [0, 0.1) is 0 Å². The van der Waals surface area contributed by atoms with Crippen LogP contribution >= 0.6 is 0 Å². The van der Waals surface area contributed by atoms with Gasteiger partial charge in [-0.15, -0.1) is 0 Å². The molecule has 1 aromatic rings. The maximum absolute atomic E-state index is 11.1. The first-order valence-corrected chi connectivity index (χ1v) is 6.17. The third-order valence-electron chi connectivity index (χ3n) is 2.25. The van der Waals surface area contributed by atoms with E-state index in [4.69, 9.17) is 9.29 Å². The summed E-state index contributed by atoms with van der Waals surface area (Å²) >= 11 is 0. The zero-order valence-corrected chi connectivity index (χ0v) is 9.85. The van der Waals surface area contributed by atoms with Crippen LogP contribution in [0.25, 0.3) is 0 Å². The first-order chi connectivity index (χ1) is 7.90. The van der Waals surface area contributed by atoms with E-state index in [1.54, 1.807) is 0 Å². The molecule has 1 unspecified atom stereocenters. The van der Waals surface area contributed by atoms with Crippen molar-refractivity contribution < 1.29 is 27.6 Å². The molecule has 6 nitrogen and oxygen atoms in total. The highest BCUT2D eigenvalue weighted by atomic mass is 32.2. The molecule has 0 saturated carbocycles. The Morgan fingerprint density at radius 2 is 2.12 bits per heavy atom. The SMILES string of the molecule is COc1cc(C(CC=O)S(=O)(=O)O)ccc1O. The maximum Gasteiger partial charge on any atom is 0.272 e. The van der Waals surface area contributed by atoms with Gasteiger partial charge in [-0.25, -0.2) is 0 Å². The predicted octanol–water partition coefficient (Wildman–Crippen LogP) is 0.919. The van der Waals surface area contributed by atoms with Gasteiger partial charge in [0.05, 0.1) is 7.11 Å². The average Bonchev–Trinajstić information content (AvgIpc) is 2.25. The molecule has 0 aliphatic rings. The quantitative estimate of drug-likeness (QED) is 0.603. The Kier molecular flexibility index (Phi) is 4.08. The van der Waals surface area contributed by atoms with Gasteiger partial charge in [-0.1, -0.05) is 6.07 Å². The van der Waals surface area contributed by atoms with Crippen molar-refractivity contribution in [3.8, 4) is 11.5 Å². The summed E-state index contributed by atoms with van der Waals surface area (Å²) in [5.74, 6) is -0.0847. The first-order valence-electron chi connectivity index (χ1n) is 4.67. The van der Waals surface area contributed by atoms with E-state index in [0.29, 0.717) is 6.29 Å². The molecule has 2 N–H and O–H groups in total. The Hall–Kier alpha value is -1.60. The number of hydrogen-bond donors (Lipinski definition) is 2. The van der Waals surface area contributed by atoms with Crippen LogP contribution in [0.5, 0.6) is 11.5 Å². The van der Waals surface area contributed by atoms with Crippen LogP contribution < -0.4 is 4.74 Å². The Morgan fingerprint density at radius 1 is 1.47 bits per heavy atom. The second-order valence-electron chi connectivity index (χ2n) is 3.34. The van der Waals surface area contributed by atoms with Crippen LogP contribution in [0.4, 0.5) is 0 Å². The topological polar surface area (TPSA) is 101 Å². The lowest BCUT2D eigenvalue weighted by Crippen LogP contribution is -2.12. The Labute approximate surface area is 98.6 Å². The monoisotopic (exact) mass is 260 g/mol. The number of carbonyl (C=O) groups is 1. The molecule has 0 spiro atoms. The number of hydrogen-bond acceptors (Lipinski definition) is 5. The molecule has 0 aliphatic carbocycles. The van der Waals surface area contributed by atoms with Gasteiger partial charge in [0.25, 0.3) is 10.1 Å². The molecule has 17 heavy (non-hydrogen) atoms. The van der Waals surface area contributed by atoms with Gasteiger partial charge in [-0.2, -0.15) is 8.42 Å². The summed E-state index contributed by atoms with van der Waals surface area (Å²) in [4.78, 5) is 10.4. The lowest BCUT2D eigenvalue weighted by Gasteiger charge is -2.13. The van der Waals surface area contributed by atoms with Crippen LogP contribution in [-0.4, -0.2) is 31.5 Å². The van der Waals surface area contributed by atoms with Crippen LogP contribution in [0.3, 0.4) is 0 Å². The highest BCUT2D eigenvalue weighted by molar-refractivity contribution is 7.86. The largest absolute Gasteiger partial charge is 0.504 e. The van der Waals surface area contributed by atoms with Crippen LogP contribution in [0.1, 0.15) is 17.2 Å². The molecule has 0 saturated heterocycles. The number of rotatable bonds is 5. The van der Waals surface area contributed by atoms with Crippen LogP contribution in [-0.2, 0) is 14.9 Å². The third-order valence-corrected chi connectivity index (χ3v) is 3.43. The predicted molar refractivity (Wildman–Crippen MR) is 59.6 cm³/mol. The molecule has 0 aliphatic heterocycles. The van der Waals surface area contributed by atoms with E-state index in [2.05, 4.69) is 0 Å². The molecule has 1 rings (SSSR count). The van der Waals surface area contributed by atoms with Crippen molar-refractivity contribution in [1.29, 1.82) is 0 Å². The number of aromatic hydroxyl groups is 1. The summed E-state index contributed by atoms with van der Waals surface area (Å²) < 4.78 is 36.0. The number of phenolic OH excluding ortho intramolecular Hbond substituents is 1. The molecule has 0 bridgehead atoms. The summed E-state index contributed by atoms with van der Waals surface area (Å²) in [6.45, 7) is 0. The second kappa shape index (κ2) is 5.15. The van der Waals surface area contributed by atoms with E-state index in [1.165, 1.54) is 25.3 Å². The number of aldehydes is 1. The summed E-state index contributed by atoms with van der Waals surface area (Å²) in [6, 6.07) is 3.80. The Bertz CT molecular complexity index is 508. The lowest BCUT2D eigenvalue weighted by molar-refractivity contribution is -0.107. The van der Waals surface area contributed by atoms with Gasteiger partial charge in [0.1, 0.15) is 11.5 Å². The van der Waals surface area contributed by atoms with Crippen molar-refractivity contribution in [1.82, 2.24) is 0 Å². The molecule has 0 heterocycles. The van der Waals surface area contributed by atoms with Crippen molar-refractivity contribution in [2.45, 2.75) is 11.7 Å². The molecule has 1 aromatic carbocycles. The van der Waals surface area contributed by atoms with Crippen LogP contribution in [0.15, 0.2) is 18.2 Å². The zero-order chi connectivity index (χ0) is 13.1. The number of phenols is 1. The van der Waals surface area contributed by atoms with Crippen molar-refractivity contribution in [3.63, 3.8) is 0 Å². The van der Waals surface area contributed by atoms with Gasteiger partial charge in [0.2, 0.25) is 0 Å². The van der Waals surface area contributed by atoms with Crippen molar-refractivity contribution in [2.24, 2.45) is 0 Å². The maximum atomic E-state index is 11.1. The van der Waals surface area contributed by atoms with E-state index in [0.717, 1.165) is 0 Å². The second-order valence-corrected chi connectivity index (χ2v) is 4.94. The van der Waals surface area contributed by atoms with Gasteiger partial charge in [-0.3, -0.25) is 4.55 Å². The smallest absolute Gasteiger partial charge is 0.272 e. The van der Waals surface area contributed by atoms with Gasteiger partial charge in [-0.05, 0) is 17.7 Å². The highest BCUT2D eigenvalue weighted by Gasteiger charge is 2.25. The molecular formula is C10H12O6S. The van der Waals surface area contributed by atoms with E-state index < -0.39 is 15.4 Å². The standard InChI is InChI=1S/C10H12O6S/c1-16-9-6-7(2-3-8(9)12)10(4-5-11)17(13,14)15/h2-3,5-6,10,12H,4H2,1H3,(H,13,14,15). The number of methoxy groups -OCH3 is 1. The van der Waals surface area contributed by atoms with E-state index >= 15 is 0 Å². The normalized spacial score (nSPS) is 13.1. The molecule has 0 aromatic heterocycles. The minimum Gasteiger partial charge on any atom is -0.504 e. The summed E-state index contributed by atoms with van der Waals surface area (Å²) in [7, 11) is -3.08. The number of ether oxygens (including phenoxy) is 1. The number of carbonyl (C=O) groups excluding carboxylic acids is 1. The van der Waals surface area contributed by atoms with Crippen molar-refractivity contribution in [2.75, 3.05) is 7.11 Å². The summed E-state index contributed by atoms with van der Waals surface area (Å²) in [5.41, 5.74) is 0.175. The molecule has 7 heteroatoms.